The van der Waals surface area contributed by atoms with Crippen LogP contribution < -0.4 is 0 Å². The third-order valence-corrected chi connectivity index (χ3v) is 2.33. The highest BCUT2D eigenvalue weighted by Gasteiger charge is 2.17. The summed E-state index contributed by atoms with van der Waals surface area (Å²) in [5, 5.41) is 9.07. The minimum Gasteiger partial charge on any atom is -0.506 e. The van der Waals surface area contributed by atoms with Gasteiger partial charge in [0.25, 0.3) is 6.43 Å². The number of aromatic nitrogens is 1. The maximum absolute atomic E-state index is 12.2. The van der Waals surface area contributed by atoms with E-state index in [1.807, 2.05) is 0 Å². The molecule has 0 saturated heterocycles. The number of nitrogens with zero attached hydrogens (tertiary/aromatic N) is 1. The molecule has 0 aliphatic rings. The molecular weight excluding hydrogens is 267 g/mol. The average Bonchev–Trinajstić information content (AvgIpc) is 2.03. The number of halogens is 4. The van der Waals surface area contributed by atoms with Crippen LogP contribution in [0.1, 0.15) is 17.8 Å². The van der Waals surface area contributed by atoms with E-state index >= 15 is 0 Å². The van der Waals surface area contributed by atoms with Gasteiger partial charge in [0, 0.05) is 4.47 Å². The molecular formula is C7H5BrClF2NO. The zero-order valence-electron chi connectivity index (χ0n) is 6.27. The Labute approximate surface area is 86.7 Å². The van der Waals surface area contributed by atoms with Crippen molar-refractivity contribution >= 4 is 27.5 Å². The summed E-state index contributed by atoms with van der Waals surface area (Å²) in [6.07, 6.45) is -2.80. The van der Waals surface area contributed by atoms with Gasteiger partial charge in [-0.2, -0.15) is 0 Å². The molecule has 0 saturated carbocycles. The van der Waals surface area contributed by atoms with E-state index in [2.05, 4.69) is 20.9 Å². The smallest absolute Gasteiger partial charge is 0.284 e. The van der Waals surface area contributed by atoms with Crippen LogP contribution in [0.5, 0.6) is 5.75 Å². The predicted molar refractivity (Wildman–Crippen MR) is 48.1 cm³/mol. The van der Waals surface area contributed by atoms with Gasteiger partial charge in [0.1, 0.15) is 11.4 Å². The molecule has 0 bridgehead atoms. The summed E-state index contributed by atoms with van der Waals surface area (Å²) in [6.45, 7) is 0. The first-order valence-electron chi connectivity index (χ1n) is 3.28. The Hall–Kier alpha value is -0.420. The fraction of sp³-hybridized carbons (Fsp3) is 0.286. The Morgan fingerprint density at radius 3 is 2.69 bits per heavy atom. The van der Waals surface area contributed by atoms with Crippen LogP contribution in [-0.4, -0.2) is 10.1 Å². The fourth-order valence-corrected chi connectivity index (χ4v) is 1.60. The highest BCUT2D eigenvalue weighted by atomic mass is 79.9. The summed E-state index contributed by atoms with van der Waals surface area (Å²) in [4.78, 5) is 3.51. The van der Waals surface area contributed by atoms with E-state index in [-0.39, 0.29) is 11.6 Å². The zero-order chi connectivity index (χ0) is 10.0. The first-order valence-corrected chi connectivity index (χ1v) is 4.61. The van der Waals surface area contributed by atoms with Crippen molar-refractivity contribution in [3.05, 3.63) is 21.9 Å². The van der Waals surface area contributed by atoms with Gasteiger partial charge in [0.15, 0.2) is 0 Å². The standard InChI is InChI=1S/C7H5BrClF2NO/c8-3-1-5(13)6(7(10)11)12-4(3)2-9/h1,7,13H,2H2. The number of hydrogen-bond acceptors (Lipinski definition) is 2. The summed E-state index contributed by atoms with van der Waals surface area (Å²) in [7, 11) is 0. The SMILES string of the molecule is Oc1cc(Br)c(CCl)nc1C(F)F. The van der Waals surface area contributed by atoms with Gasteiger partial charge in [-0.05, 0) is 22.0 Å². The van der Waals surface area contributed by atoms with Crippen LogP contribution in [0.2, 0.25) is 0 Å². The molecule has 0 radical (unpaired) electrons. The van der Waals surface area contributed by atoms with E-state index in [9.17, 15) is 8.78 Å². The largest absolute Gasteiger partial charge is 0.506 e. The molecule has 1 aromatic heterocycles. The Morgan fingerprint density at radius 1 is 1.62 bits per heavy atom. The van der Waals surface area contributed by atoms with E-state index in [1.54, 1.807) is 0 Å². The van der Waals surface area contributed by atoms with Crippen molar-refractivity contribution in [2.45, 2.75) is 12.3 Å². The normalized spacial score (nSPS) is 10.8. The highest BCUT2D eigenvalue weighted by molar-refractivity contribution is 9.10. The third kappa shape index (κ3) is 2.28. The van der Waals surface area contributed by atoms with Crippen LogP contribution in [0.3, 0.4) is 0 Å². The molecule has 0 fully saturated rings. The minimum absolute atomic E-state index is 0.0145. The predicted octanol–water partition coefficient (Wildman–Crippen LogP) is 3.23. The summed E-state index contributed by atoms with van der Waals surface area (Å²) in [5.74, 6) is -0.517. The second-order valence-electron chi connectivity index (χ2n) is 2.26. The summed E-state index contributed by atoms with van der Waals surface area (Å²) in [5.41, 5.74) is -0.353. The van der Waals surface area contributed by atoms with Crippen molar-refractivity contribution in [2.75, 3.05) is 0 Å². The molecule has 1 N–H and O–H groups in total. The summed E-state index contributed by atoms with van der Waals surface area (Å²) >= 11 is 8.48. The highest BCUT2D eigenvalue weighted by Crippen LogP contribution is 2.30. The molecule has 0 amide bonds. The van der Waals surface area contributed by atoms with Crippen molar-refractivity contribution in [2.24, 2.45) is 0 Å². The van der Waals surface area contributed by atoms with E-state index in [1.165, 1.54) is 0 Å². The molecule has 6 heteroatoms. The van der Waals surface area contributed by atoms with Gasteiger partial charge in [-0.1, -0.05) is 0 Å². The first kappa shape index (κ1) is 10.7. The molecule has 1 rings (SSSR count). The van der Waals surface area contributed by atoms with Gasteiger partial charge in [-0.3, -0.25) is 0 Å². The molecule has 1 aromatic rings. The van der Waals surface area contributed by atoms with Crippen molar-refractivity contribution in [3.8, 4) is 5.75 Å². The van der Waals surface area contributed by atoms with Crippen molar-refractivity contribution < 1.29 is 13.9 Å². The van der Waals surface area contributed by atoms with Gasteiger partial charge in [0.2, 0.25) is 0 Å². The maximum atomic E-state index is 12.2. The van der Waals surface area contributed by atoms with Gasteiger partial charge in [-0.25, -0.2) is 13.8 Å². The minimum atomic E-state index is -2.80. The molecule has 0 aliphatic carbocycles. The van der Waals surface area contributed by atoms with Crippen molar-refractivity contribution in [1.82, 2.24) is 4.98 Å². The molecule has 0 spiro atoms. The lowest BCUT2D eigenvalue weighted by atomic mass is 10.3. The lowest BCUT2D eigenvalue weighted by molar-refractivity contribution is 0.141. The molecule has 2 nitrogen and oxygen atoms in total. The number of hydrogen-bond donors (Lipinski definition) is 1. The van der Waals surface area contributed by atoms with Crippen LogP contribution in [0.4, 0.5) is 8.78 Å². The molecule has 0 unspecified atom stereocenters. The van der Waals surface area contributed by atoms with E-state index in [0.29, 0.717) is 4.47 Å². The maximum Gasteiger partial charge on any atom is 0.284 e. The molecule has 72 valence electrons. The Balaban J connectivity index is 3.22. The number of alkyl halides is 3. The van der Waals surface area contributed by atoms with Crippen molar-refractivity contribution in [3.63, 3.8) is 0 Å². The lowest BCUT2D eigenvalue weighted by Crippen LogP contribution is -1.96. The first-order chi connectivity index (χ1) is 6.06. The number of pyridine rings is 1. The fourth-order valence-electron chi connectivity index (χ4n) is 0.788. The number of rotatable bonds is 2. The Bertz CT molecular complexity index is 322. The van der Waals surface area contributed by atoms with Gasteiger partial charge < -0.3 is 5.11 Å². The molecule has 0 aromatic carbocycles. The summed E-state index contributed by atoms with van der Waals surface area (Å²) in [6, 6.07) is 1.16. The Kier molecular flexibility index (Phi) is 3.44. The quantitative estimate of drug-likeness (QED) is 0.839. The van der Waals surface area contributed by atoms with Crippen LogP contribution in [0, 0.1) is 0 Å². The molecule has 1 heterocycles. The topological polar surface area (TPSA) is 33.1 Å². The molecule has 0 aliphatic heterocycles. The van der Waals surface area contributed by atoms with Crippen LogP contribution >= 0.6 is 27.5 Å². The van der Waals surface area contributed by atoms with Gasteiger partial charge in [0.05, 0.1) is 11.6 Å². The van der Waals surface area contributed by atoms with E-state index < -0.39 is 17.9 Å². The average molecular weight is 272 g/mol. The Morgan fingerprint density at radius 2 is 2.23 bits per heavy atom. The van der Waals surface area contributed by atoms with Crippen LogP contribution in [0.25, 0.3) is 0 Å². The molecule has 0 atom stereocenters. The lowest BCUT2D eigenvalue weighted by Gasteiger charge is -2.05. The van der Waals surface area contributed by atoms with Crippen molar-refractivity contribution in [1.29, 1.82) is 0 Å². The molecule has 13 heavy (non-hydrogen) atoms. The second-order valence-corrected chi connectivity index (χ2v) is 3.38. The van der Waals surface area contributed by atoms with Gasteiger partial charge in [-0.15, -0.1) is 11.6 Å². The zero-order valence-corrected chi connectivity index (χ0v) is 8.61. The second kappa shape index (κ2) is 4.19. The number of aromatic hydroxyl groups is 1. The third-order valence-electron chi connectivity index (χ3n) is 1.39. The van der Waals surface area contributed by atoms with Crippen LogP contribution in [0.15, 0.2) is 10.5 Å². The van der Waals surface area contributed by atoms with Gasteiger partial charge >= 0.3 is 0 Å². The van der Waals surface area contributed by atoms with Crippen LogP contribution in [-0.2, 0) is 5.88 Å². The monoisotopic (exact) mass is 271 g/mol. The van der Waals surface area contributed by atoms with E-state index in [0.717, 1.165) is 6.07 Å². The van der Waals surface area contributed by atoms with E-state index in [4.69, 9.17) is 16.7 Å². The summed E-state index contributed by atoms with van der Waals surface area (Å²) < 4.78 is 24.8.